The summed E-state index contributed by atoms with van der Waals surface area (Å²) in [6.45, 7) is 4.56. The Kier molecular flexibility index (Phi) is 4.57. The van der Waals surface area contributed by atoms with E-state index in [-0.39, 0.29) is 6.10 Å². The van der Waals surface area contributed by atoms with Crippen LogP contribution in [-0.2, 0) is 4.74 Å². The van der Waals surface area contributed by atoms with Crippen molar-refractivity contribution in [1.29, 1.82) is 0 Å². The van der Waals surface area contributed by atoms with Crippen molar-refractivity contribution in [1.82, 2.24) is 10.1 Å². The Bertz CT molecular complexity index is 569. The first-order valence-corrected chi connectivity index (χ1v) is 6.58. The second-order valence-electron chi connectivity index (χ2n) is 4.27. The van der Waals surface area contributed by atoms with Gasteiger partial charge in [-0.1, -0.05) is 12.1 Å². The number of benzene rings is 1. The Balaban J connectivity index is 2.33. The normalized spacial score (nSPS) is 12.3. The van der Waals surface area contributed by atoms with Crippen molar-refractivity contribution in [3.8, 4) is 17.2 Å². The molecule has 0 aliphatic rings. The molecule has 1 unspecified atom stereocenters. The number of ether oxygens (including phenoxy) is 2. The average Bonchev–Trinajstić information content (AvgIpc) is 2.93. The van der Waals surface area contributed by atoms with Crippen molar-refractivity contribution in [3.63, 3.8) is 0 Å². The number of hydrogen-bond acceptors (Lipinski definition) is 6. The number of aromatic nitrogens is 2. The number of methoxy groups -OCH3 is 1. The van der Waals surface area contributed by atoms with E-state index < -0.39 is 0 Å². The first kappa shape index (κ1) is 14.3. The molecular formula is C14H19N3O3. The van der Waals surface area contributed by atoms with Crippen LogP contribution in [0.1, 0.15) is 32.2 Å². The van der Waals surface area contributed by atoms with E-state index in [1.807, 2.05) is 13.8 Å². The van der Waals surface area contributed by atoms with Gasteiger partial charge in [0.15, 0.2) is 0 Å². The zero-order chi connectivity index (χ0) is 14.5. The van der Waals surface area contributed by atoms with E-state index in [4.69, 9.17) is 19.7 Å². The predicted molar refractivity (Wildman–Crippen MR) is 75.4 cm³/mol. The minimum atomic E-state index is -0.155. The van der Waals surface area contributed by atoms with E-state index in [0.29, 0.717) is 35.3 Å². The van der Waals surface area contributed by atoms with Gasteiger partial charge in [-0.3, -0.25) is 0 Å². The summed E-state index contributed by atoms with van der Waals surface area (Å²) in [5.41, 5.74) is 7.06. The van der Waals surface area contributed by atoms with Crippen LogP contribution in [0.25, 0.3) is 11.5 Å². The number of rotatable bonds is 6. The molecule has 0 aliphatic carbocycles. The first-order chi connectivity index (χ1) is 9.69. The van der Waals surface area contributed by atoms with Gasteiger partial charge in [0.05, 0.1) is 12.7 Å². The fourth-order valence-electron chi connectivity index (χ4n) is 1.94. The van der Waals surface area contributed by atoms with Crippen molar-refractivity contribution >= 4 is 5.69 Å². The third-order valence-corrected chi connectivity index (χ3v) is 2.92. The predicted octanol–water partition coefficient (Wildman–Crippen LogP) is 2.82. The van der Waals surface area contributed by atoms with E-state index >= 15 is 0 Å². The molecule has 1 heterocycles. The summed E-state index contributed by atoms with van der Waals surface area (Å²) in [7, 11) is 1.57. The Hall–Kier alpha value is -2.08. The SMILES string of the molecule is CCOC(CC)c1noc(-c2ccc(N)cc2OC)n1. The van der Waals surface area contributed by atoms with E-state index in [0.717, 1.165) is 6.42 Å². The molecule has 0 spiro atoms. The standard InChI is InChI=1S/C14H19N3O3/c1-4-11(19-5-2)13-16-14(20-17-13)10-7-6-9(15)8-12(10)18-3/h6-8,11H,4-5,15H2,1-3H3. The Morgan fingerprint density at radius 1 is 1.35 bits per heavy atom. The second-order valence-corrected chi connectivity index (χ2v) is 4.27. The van der Waals surface area contributed by atoms with Gasteiger partial charge in [0, 0.05) is 18.4 Å². The van der Waals surface area contributed by atoms with Crippen molar-refractivity contribution in [2.45, 2.75) is 26.4 Å². The van der Waals surface area contributed by atoms with Crippen LogP contribution in [-0.4, -0.2) is 23.9 Å². The van der Waals surface area contributed by atoms with Crippen LogP contribution in [0, 0.1) is 0 Å². The number of nitrogens with zero attached hydrogens (tertiary/aromatic N) is 2. The zero-order valence-electron chi connectivity index (χ0n) is 11.9. The third-order valence-electron chi connectivity index (χ3n) is 2.92. The summed E-state index contributed by atoms with van der Waals surface area (Å²) in [5, 5.41) is 3.98. The highest BCUT2D eigenvalue weighted by molar-refractivity contribution is 5.66. The number of nitrogen functional groups attached to an aromatic ring is 1. The monoisotopic (exact) mass is 277 g/mol. The molecule has 0 fully saturated rings. The molecule has 0 bridgehead atoms. The van der Waals surface area contributed by atoms with E-state index in [1.54, 1.807) is 25.3 Å². The smallest absolute Gasteiger partial charge is 0.261 e. The molecule has 0 saturated heterocycles. The lowest BCUT2D eigenvalue weighted by atomic mass is 10.2. The van der Waals surface area contributed by atoms with Gasteiger partial charge < -0.3 is 19.7 Å². The Labute approximate surface area is 117 Å². The highest BCUT2D eigenvalue weighted by Crippen LogP contribution is 2.31. The molecule has 1 aromatic heterocycles. The molecule has 1 atom stereocenters. The van der Waals surface area contributed by atoms with Gasteiger partial charge in [0.2, 0.25) is 5.82 Å². The highest BCUT2D eigenvalue weighted by atomic mass is 16.5. The Morgan fingerprint density at radius 3 is 2.80 bits per heavy atom. The van der Waals surface area contributed by atoms with Crippen LogP contribution >= 0.6 is 0 Å². The molecule has 0 aliphatic heterocycles. The van der Waals surface area contributed by atoms with Crippen LogP contribution < -0.4 is 10.5 Å². The summed E-state index contributed by atoms with van der Waals surface area (Å²) < 4.78 is 16.2. The fraction of sp³-hybridized carbons (Fsp3) is 0.429. The Morgan fingerprint density at radius 2 is 2.15 bits per heavy atom. The molecule has 6 heteroatoms. The quantitative estimate of drug-likeness (QED) is 0.817. The van der Waals surface area contributed by atoms with Gasteiger partial charge in [0.1, 0.15) is 11.9 Å². The van der Waals surface area contributed by atoms with Crippen molar-refractivity contribution in [2.24, 2.45) is 0 Å². The van der Waals surface area contributed by atoms with Gasteiger partial charge in [-0.2, -0.15) is 4.98 Å². The molecule has 20 heavy (non-hydrogen) atoms. The largest absolute Gasteiger partial charge is 0.496 e. The molecule has 0 radical (unpaired) electrons. The highest BCUT2D eigenvalue weighted by Gasteiger charge is 2.19. The van der Waals surface area contributed by atoms with Crippen molar-refractivity contribution in [3.05, 3.63) is 24.0 Å². The van der Waals surface area contributed by atoms with E-state index in [1.165, 1.54) is 0 Å². The average molecular weight is 277 g/mol. The maximum atomic E-state index is 5.73. The van der Waals surface area contributed by atoms with Gasteiger partial charge in [0.25, 0.3) is 5.89 Å². The lowest BCUT2D eigenvalue weighted by Gasteiger charge is -2.09. The lowest BCUT2D eigenvalue weighted by molar-refractivity contribution is 0.0518. The summed E-state index contributed by atoms with van der Waals surface area (Å²) in [4.78, 5) is 4.38. The maximum absolute atomic E-state index is 5.73. The summed E-state index contributed by atoms with van der Waals surface area (Å²) in [5.74, 6) is 1.54. The first-order valence-electron chi connectivity index (χ1n) is 6.58. The molecule has 0 saturated carbocycles. The molecule has 6 nitrogen and oxygen atoms in total. The van der Waals surface area contributed by atoms with Gasteiger partial charge in [-0.25, -0.2) is 0 Å². The van der Waals surface area contributed by atoms with Crippen molar-refractivity contribution < 1.29 is 14.0 Å². The van der Waals surface area contributed by atoms with Crippen LogP contribution in [0.2, 0.25) is 0 Å². The van der Waals surface area contributed by atoms with Gasteiger partial charge >= 0.3 is 0 Å². The van der Waals surface area contributed by atoms with Crippen LogP contribution in [0.4, 0.5) is 5.69 Å². The fourth-order valence-corrected chi connectivity index (χ4v) is 1.94. The summed E-state index contributed by atoms with van der Waals surface area (Å²) in [6, 6.07) is 5.29. The molecule has 2 rings (SSSR count). The zero-order valence-corrected chi connectivity index (χ0v) is 11.9. The van der Waals surface area contributed by atoms with Gasteiger partial charge in [-0.05, 0) is 25.5 Å². The molecule has 0 amide bonds. The van der Waals surface area contributed by atoms with Crippen LogP contribution in [0.15, 0.2) is 22.7 Å². The molecular weight excluding hydrogens is 258 g/mol. The summed E-state index contributed by atoms with van der Waals surface area (Å²) >= 11 is 0. The molecule has 2 aromatic rings. The van der Waals surface area contributed by atoms with E-state index in [2.05, 4.69) is 10.1 Å². The minimum absolute atomic E-state index is 0.155. The number of hydrogen-bond donors (Lipinski definition) is 1. The topological polar surface area (TPSA) is 83.4 Å². The third kappa shape index (κ3) is 2.91. The number of nitrogens with two attached hydrogens (primary N) is 1. The summed E-state index contributed by atoms with van der Waals surface area (Å²) in [6.07, 6.45) is 0.628. The maximum Gasteiger partial charge on any atom is 0.261 e. The second kappa shape index (κ2) is 6.38. The lowest BCUT2D eigenvalue weighted by Crippen LogP contribution is -2.04. The van der Waals surface area contributed by atoms with Crippen molar-refractivity contribution in [2.75, 3.05) is 19.5 Å². The van der Waals surface area contributed by atoms with Crippen LogP contribution in [0.3, 0.4) is 0 Å². The van der Waals surface area contributed by atoms with Crippen LogP contribution in [0.5, 0.6) is 5.75 Å². The van der Waals surface area contributed by atoms with Gasteiger partial charge in [-0.15, -0.1) is 0 Å². The molecule has 2 N–H and O–H groups in total. The number of anilines is 1. The molecule has 108 valence electrons. The molecule has 1 aromatic carbocycles. The minimum Gasteiger partial charge on any atom is -0.496 e. The van der Waals surface area contributed by atoms with E-state index in [9.17, 15) is 0 Å².